The summed E-state index contributed by atoms with van der Waals surface area (Å²) in [5.41, 5.74) is 1.04. The Morgan fingerprint density at radius 1 is 1.38 bits per heavy atom. The van der Waals surface area contributed by atoms with Gasteiger partial charge in [-0.05, 0) is 36.1 Å². The molecule has 1 amide bonds. The molecule has 0 aliphatic heterocycles. The van der Waals surface area contributed by atoms with E-state index in [1.165, 1.54) is 17.4 Å². The Labute approximate surface area is 96.7 Å². The fraction of sp³-hybridized carbons (Fsp3) is 0.0833. The Morgan fingerprint density at radius 2 is 2.19 bits per heavy atom. The van der Waals surface area contributed by atoms with Gasteiger partial charge in [-0.3, -0.25) is 4.79 Å². The maximum atomic E-state index is 13.4. The van der Waals surface area contributed by atoms with Gasteiger partial charge in [0.15, 0.2) is 0 Å². The van der Waals surface area contributed by atoms with Crippen molar-refractivity contribution in [3.63, 3.8) is 0 Å². The van der Waals surface area contributed by atoms with Crippen LogP contribution in [0.2, 0.25) is 0 Å². The summed E-state index contributed by atoms with van der Waals surface area (Å²) in [7, 11) is 0. The van der Waals surface area contributed by atoms with Gasteiger partial charge in [-0.2, -0.15) is 0 Å². The first-order valence-corrected chi connectivity index (χ1v) is 5.66. The lowest BCUT2D eigenvalue weighted by Crippen LogP contribution is -2.11. The molecule has 0 spiro atoms. The lowest BCUT2D eigenvalue weighted by atomic mass is 10.2. The summed E-state index contributed by atoms with van der Waals surface area (Å²) in [5, 5.41) is 4.34. The molecule has 0 saturated heterocycles. The smallest absolute Gasteiger partial charge is 0.265 e. The first-order chi connectivity index (χ1) is 7.66. The highest BCUT2D eigenvalue weighted by molar-refractivity contribution is 7.12. The summed E-state index contributed by atoms with van der Waals surface area (Å²) in [6.07, 6.45) is 0. The average molecular weight is 235 g/mol. The molecule has 1 aromatic carbocycles. The van der Waals surface area contributed by atoms with Crippen molar-refractivity contribution in [2.24, 2.45) is 0 Å². The molecule has 0 bridgehead atoms. The van der Waals surface area contributed by atoms with Crippen molar-refractivity contribution >= 4 is 22.9 Å². The quantitative estimate of drug-likeness (QED) is 0.848. The van der Waals surface area contributed by atoms with E-state index in [0.29, 0.717) is 4.88 Å². The molecule has 0 radical (unpaired) electrons. The molecule has 1 N–H and O–H groups in total. The maximum Gasteiger partial charge on any atom is 0.265 e. The highest BCUT2D eigenvalue weighted by atomic mass is 32.1. The minimum atomic E-state index is -0.412. The van der Waals surface area contributed by atoms with E-state index in [1.54, 1.807) is 36.6 Å². The van der Waals surface area contributed by atoms with Gasteiger partial charge in [0.1, 0.15) is 5.82 Å². The third kappa shape index (κ3) is 2.28. The van der Waals surface area contributed by atoms with Gasteiger partial charge < -0.3 is 5.32 Å². The van der Waals surface area contributed by atoms with Crippen LogP contribution in [0.3, 0.4) is 0 Å². The Kier molecular flexibility index (Phi) is 3.01. The van der Waals surface area contributed by atoms with Gasteiger partial charge in [0, 0.05) is 0 Å². The SMILES string of the molecule is Cc1ccc(NC(=O)c2cccs2)c(F)c1. The predicted octanol–water partition coefficient (Wildman–Crippen LogP) is 3.45. The molecule has 0 aliphatic rings. The number of hydrogen-bond acceptors (Lipinski definition) is 2. The van der Waals surface area contributed by atoms with E-state index in [1.807, 2.05) is 0 Å². The molecule has 0 aliphatic carbocycles. The second-order valence-electron chi connectivity index (χ2n) is 3.41. The minimum absolute atomic E-state index is 0.212. The van der Waals surface area contributed by atoms with E-state index in [2.05, 4.69) is 5.32 Å². The van der Waals surface area contributed by atoms with Crippen LogP contribution in [0, 0.1) is 12.7 Å². The number of carbonyl (C=O) groups excluding carboxylic acids is 1. The second-order valence-corrected chi connectivity index (χ2v) is 4.36. The number of carbonyl (C=O) groups is 1. The molecule has 82 valence electrons. The molecule has 4 heteroatoms. The number of thiophene rings is 1. The summed E-state index contributed by atoms with van der Waals surface area (Å²) >= 11 is 1.32. The van der Waals surface area contributed by atoms with Crippen LogP contribution < -0.4 is 5.32 Å². The van der Waals surface area contributed by atoms with Gasteiger partial charge in [0.05, 0.1) is 10.6 Å². The van der Waals surface area contributed by atoms with Gasteiger partial charge >= 0.3 is 0 Å². The van der Waals surface area contributed by atoms with Gasteiger partial charge in [-0.1, -0.05) is 12.1 Å². The molecule has 2 aromatic rings. The zero-order chi connectivity index (χ0) is 11.5. The van der Waals surface area contributed by atoms with Crippen molar-refractivity contribution in [3.05, 3.63) is 52.0 Å². The molecule has 0 unspecified atom stereocenters. The standard InChI is InChI=1S/C12H10FNOS/c1-8-4-5-10(9(13)7-8)14-12(15)11-3-2-6-16-11/h2-7H,1H3,(H,14,15). The molecule has 2 rings (SSSR count). The monoisotopic (exact) mass is 235 g/mol. The molecule has 0 saturated carbocycles. The van der Waals surface area contributed by atoms with Crippen LogP contribution in [0.25, 0.3) is 0 Å². The lowest BCUT2D eigenvalue weighted by Gasteiger charge is -2.05. The Bertz CT molecular complexity index is 508. The number of rotatable bonds is 2. The number of amides is 1. The normalized spacial score (nSPS) is 10.1. The van der Waals surface area contributed by atoms with Crippen molar-refractivity contribution in [1.29, 1.82) is 0 Å². The Hall–Kier alpha value is -1.68. The van der Waals surface area contributed by atoms with Crippen LogP contribution in [-0.2, 0) is 0 Å². The minimum Gasteiger partial charge on any atom is -0.319 e. The number of hydrogen-bond donors (Lipinski definition) is 1. The van der Waals surface area contributed by atoms with Crippen molar-refractivity contribution in [1.82, 2.24) is 0 Å². The molecule has 16 heavy (non-hydrogen) atoms. The topological polar surface area (TPSA) is 29.1 Å². The fourth-order valence-corrected chi connectivity index (χ4v) is 1.93. The number of nitrogens with one attached hydrogen (secondary N) is 1. The van der Waals surface area contributed by atoms with Crippen molar-refractivity contribution in [3.8, 4) is 0 Å². The van der Waals surface area contributed by atoms with E-state index >= 15 is 0 Å². The van der Waals surface area contributed by atoms with E-state index in [-0.39, 0.29) is 11.6 Å². The van der Waals surface area contributed by atoms with E-state index in [0.717, 1.165) is 5.56 Å². The van der Waals surface area contributed by atoms with Gasteiger partial charge in [0.2, 0.25) is 0 Å². The molecule has 1 heterocycles. The number of aryl methyl sites for hydroxylation is 1. The third-order valence-corrected chi connectivity index (χ3v) is 2.99. The number of halogens is 1. The first kappa shape index (κ1) is 10.8. The Morgan fingerprint density at radius 3 is 2.81 bits per heavy atom. The first-order valence-electron chi connectivity index (χ1n) is 4.78. The van der Waals surface area contributed by atoms with Crippen LogP contribution in [-0.4, -0.2) is 5.91 Å². The van der Waals surface area contributed by atoms with E-state index in [4.69, 9.17) is 0 Å². The summed E-state index contributed by atoms with van der Waals surface area (Å²) in [4.78, 5) is 12.2. The van der Waals surface area contributed by atoms with E-state index in [9.17, 15) is 9.18 Å². The zero-order valence-corrected chi connectivity index (χ0v) is 9.48. The lowest BCUT2D eigenvalue weighted by molar-refractivity contribution is 0.103. The van der Waals surface area contributed by atoms with Crippen LogP contribution in [0.15, 0.2) is 35.7 Å². The number of anilines is 1. The van der Waals surface area contributed by atoms with Crippen molar-refractivity contribution in [2.75, 3.05) is 5.32 Å². The molecule has 0 atom stereocenters. The van der Waals surface area contributed by atoms with Crippen molar-refractivity contribution < 1.29 is 9.18 Å². The number of benzene rings is 1. The van der Waals surface area contributed by atoms with Gasteiger partial charge in [-0.15, -0.1) is 11.3 Å². The molecule has 1 aromatic heterocycles. The molecular weight excluding hydrogens is 225 g/mol. The van der Waals surface area contributed by atoms with Crippen LogP contribution >= 0.6 is 11.3 Å². The molecule has 0 fully saturated rings. The van der Waals surface area contributed by atoms with Crippen LogP contribution in [0.1, 0.15) is 15.2 Å². The summed E-state index contributed by atoms with van der Waals surface area (Å²) < 4.78 is 13.4. The maximum absolute atomic E-state index is 13.4. The Balaban J connectivity index is 2.18. The van der Waals surface area contributed by atoms with Crippen LogP contribution in [0.4, 0.5) is 10.1 Å². The van der Waals surface area contributed by atoms with Crippen molar-refractivity contribution in [2.45, 2.75) is 6.92 Å². The van der Waals surface area contributed by atoms with Crippen LogP contribution in [0.5, 0.6) is 0 Å². The average Bonchev–Trinajstić information content (AvgIpc) is 2.75. The van der Waals surface area contributed by atoms with Gasteiger partial charge in [0.25, 0.3) is 5.91 Å². The van der Waals surface area contributed by atoms with E-state index < -0.39 is 5.82 Å². The largest absolute Gasteiger partial charge is 0.319 e. The third-order valence-electron chi connectivity index (χ3n) is 2.12. The van der Waals surface area contributed by atoms with Gasteiger partial charge in [-0.25, -0.2) is 4.39 Å². The summed E-state index contributed by atoms with van der Waals surface area (Å²) in [6, 6.07) is 8.20. The zero-order valence-electron chi connectivity index (χ0n) is 8.66. The summed E-state index contributed by atoms with van der Waals surface area (Å²) in [5.74, 6) is -0.692. The summed E-state index contributed by atoms with van der Waals surface area (Å²) in [6.45, 7) is 1.80. The molecular formula is C12H10FNOS. The highest BCUT2D eigenvalue weighted by Crippen LogP contribution is 2.17. The predicted molar refractivity (Wildman–Crippen MR) is 63.4 cm³/mol. The fourth-order valence-electron chi connectivity index (χ4n) is 1.31. The highest BCUT2D eigenvalue weighted by Gasteiger charge is 2.09. The second kappa shape index (κ2) is 4.45. The molecule has 2 nitrogen and oxygen atoms in total.